The van der Waals surface area contributed by atoms with Gasteiger partial charge in [-0.15, -0.1) is 0 Å². The molecular weight excluding hydrogens is 246 g/mol. The van der Waals surface area contributed by atoms with E-state index in [4.69, 9.17) is 5.11 Å². The van der Waals surface area contributed by atoms with Crippen molar-refractivity contribution in [2.75, 3.05) is 12.3 Å². The SMILES string of the molecule is CCNC(C)(CCSc1ncns1)C(=O)O. The van der Waals surface area contributed by atoms with Crippen LogP contribution < -0.4 is 5.32 Å². The monoisotopic (exact) mass is 261 g/mol. The Hall–Kier alpha value is -0.660. The van der Waals surface area contributed by atoms with Gasteiger partial charge >= 0.3 is 5.97 Å². The number of hydrogen-bond acceptors (Lipinski definition) is 6. The van der Waals surface area contributed by atoms with Crippen LogP contribution in [0, 0.1) is 0 Å². The van der Waals surface area contributed by atoms with Gasteiger partial charge in [-0.25, -0.2) is 4.98 Å². The molecule has 0 amide bonds. The quantitative estimate of drug-likeness (QED) is 0.724. The fraction of sp³-hybridized carbons (Fsp3) is 0.667. The molecule has 1 aromatic heterocycles. The lowest BCUT2D eigenvalue weighted by atomic mass is 9.99. The van der Waals surface area contributed by atoms with Gasteiger partial charge in [-0.2, -0.15) is 4.37 Å². The van der Waals surface area contributed by atoms with E-state index in [0.29, 0.717) is 18.7 Å². The standard InChI is InChI=1S/C9H15N3O2S2/c1-3-11-9(2,7(13)14)4-5-15-8-10-6-12-16-8/h6,11H,3-5H2,1-2H3,(H,13,14). The summed E-state index contributed by atoms with van der Waals surface area (Å²) in [7, 11) is 0. The molecular formula is C9H15N3O2S2. The highest BCUT2D eigenvalue weighted by Gasteiger charge is 2.31. The number of rotatable bonds is 7. The van der Waals surface area contributed by atoms with E-state index in [-0.39, 0.29) is 0 Å². The Labute approximate surface area is 103 Å². The summed E-state index contributed by atoms with van der Waals surface area (Å²) in [5.74, 6) is -0.0995. The summed E-state index contributed by atoms with van der Waals surface area (Å²) < 4.78 is 4.77. The summed E-state index contributed by atoms with van der Waals surface area (Å²) in [4.78, 5) is 15.1. The molecule has 0 aliphatic carbocycles. The molecule has 0 saturated heterocycles. The minimum absolute atomic E-state index is 0.556. The minimum Gasteiger partial charge on any atom is -0.480 e. The molecule has 0 aliphatic heterocycles. The molecule has 1 aromatic rings. The van der Waals surface area contributed by atoms with Gasteiger partial charge in [0.1, 0.15) is 11.9 Å². The van der Waals surface area contributed by atoms with Crippen LogP contribution in [0.1, 0.15) is 20.3 Å². The number of carboxylic acid groups (broad SMARTS) is 1. The molecule has 0 aliphatic rings. The van der Waals surface area contributed by atoms with Crippen molar-refractivity contribution in [2.24, 2.45) is 0 Å². The molecule has 1 unspecified atom stereocenters. The number of aromatic nitrogens is 2. The number of nitrogens with zero attached hydrogens (tertiary/aromatic N) is 2. The zero-order chi connectivity index (χ0) is 12.0. The van der Waals surface area contributed by atoms with Crippen molar-refractivity contribution in [3.8, 4) is 0 Å². The van der Waals surface area contributed by atoms with Crippen LogP contribution >= 0.6 is 23.3 Å². The van der Waals surface area contributed by atoms with Crippen LogP contribution in [-0.4, -0.2) is 38.3 Å². The van der Waals surface area contributed by atoms with Crippen molar-refractivity contribution >= 4 is 29.3 Å². The van der Waals surface area contributed by atoms with Crippen LogP contribution in [0.15, 0.2) is 10.7 Å². The van der Waals surface area contributed by atoms with Gasteiger partial charge in [-0.3, -0.25) is 4.79 Å². The van der Waals surface area contributed by atoms with Crippen LogP contribution in [0.5, 0.6) is 0 Å². The zero-order valence-electron chi connectivity index (χ0n) is 9.27. The molecule has 5 nitrogen and oxygen atoms in total. The van der Waals surface area contributed by atoms with Crippen molar-refractivity contribution in [1.82, 2.24) is 14.7 Å². The Morgan fingerprint density at radius 3 is 3.00 bits per heavy atom. The van der Waals surface area contributed by atoms with Gasteiger partial charge < -0.3 is 10.4 Å². The van der Waals surface area contributed by atoms with E-state index in [0.717, 1.165) is 4.34 Å². The van der Waals surface area contributed by atoms with E-state index in [1.807, 2.05) is 6.92 Å². The Morgan fingerprint density at radius 1 is 1.75 bits per heavy atom. The second-order valence-electron chi connectivity index (χ2n) is 3.47. The molecule has 0 aromatic carbocycles. The molecule has 0 bridgehead atoms. The Bertz CT molecular complexity index is 332. The molecule has 0 fully saturated rings. The van der Waals surface area contributed by atoms with Crippen LogP contribution in [-0.2, 0) is 4.79 Å². The van der Waals surface area contributed by atoms with Gasteiger partial charge in [-0.1, -0.05) is 18.7 Å². The van der Waals surface area contributed by atoms with Gasteiger partial charge in [-0.05, 0) is 31.4 Å². The maximum Gasteiger partial charge on any atom is 0.323 e. The van der Waals surface area contributed by atoms with E-state index in [1.165, 1.54) is 29.6 Å². The lowest BCUT2D eigenvalue weighted by molar-refractivity contribution is -0.144. The molecule has 16 heavy (non-hydrogen) atoms. The molecule has 1 heterocycles. The van der Waals surface area contributed by atoms with Crippen LogP contribution in [0.3, 0.4) is 0 Å². The fourth-order valence-corrected chi connectivity index (χ4v) is 2.91. The summed E-state index contributed by atoms with van der Waals surface area (Å²) in [5.41, 5.74) is -0.855. The highest BCUT2D eigenvalue weighted by atomic mass is 32.2. The first-order chi connectivity index (χ1) is 7.58. The number of carbonyl (C=O) groups is 1. The highest BCUT2D eigenvalue weighted by molar-refractivity contribution is 8.00. The smallest absolute Gasteiger partial charge is 0.323 e. The van der Waals surface area contributed by atoms with Crippen molar-refractivity contribution in [3.05, 3.63) is 6.33 Å². The van der Waals surface area contributed by atoms with Gasteiger partial charge in [0.05, 0.1) is 0 Å². The minimum atomic E-state index is -0.855. The fourth-order valence-electron chi connectivity index (χ4n) is 1.23. The average molecular weight is 261 g/mol. The maximum absolute atomic E-state index is 11.1. The number of carboxylic acids is 1. The summed E-state index contributed by atoms with van der Waals surface area (Å²) >= 11 is 2.87. The van der Waals surface area contributed by atoms with Crippen LogP contribution in [0.4, 0.5) is 0 Å². The molecule has 1 atom stereocenters. The number of aliphatic carboxylic acids is 1. The molecule has 1 rings (SSSR count). The first-order valence-corrected chi connectivity index (χ1v) is 6.72. The van der Waals surface area contributed by atoms with E-state index in [2.05, 4.69) is 14.7 Å². The Balaban J connectivity index is 2.41. The lowest BCUT2D eigenvalue weighted by Crippen LogP contribution is -2.49. The van der Waals surface area contributed by atoms with Crippen molar-refractivity contribution in [2.45, 2.75) is 30.1 Å². The third kappa shape index (κ3) is 3.73. The van der Waals surface area contributed by atoms with Crippen LogP contribution in [0.2, 0.25) is 0 Å². The molecule has 90 valence electrons. The first-order valence-electron chi connectivity index (χ1n) is 4.96. The topological polar surface area (TPSA) is 75.1 Å². The third-order valence-corrected chi connectivity index (χ3v) is 4.01. The van der Waals surface area contributed by atoms with Gasteiger partial charge in [0.25, 0.3) is 0 Å². The summed E-state index contributed by atoms with van der Waals surface area (Å²) in [6.07, 6.45) is 2.06. The summed E-state index contributed by atoms with van der Waals surface area (Å²) in [6.45, 7) is 4.25. The molecule has 0 saturated carbocycles. The normalized spacial score (nSPS) is 14.6. The predicted octanol–water partition coefficient (Wildman–Crippen LogP) is 1.47. The van der Waals surface area contributed by atoms with Gasteiger partial charge in [0, 0.05) is 5.75 Å². The first kappa shape index (κ1) is 13.4. The lowest BCUT2D eigenvalue weighted by Gasteiger charge is -2.25. The van der Waals surface area contributed by atoms with Gasteiger partial charge in [0.2, 0.25) is 0 Å². The van der Waals surface area contributed by atoms with Crippen molar-refractivity contribution < 1.29 is 9.90 Å². The van der Waals surface area contributed by atoms with E-state index in [1.54, 1.807) is 6.92 Å². The number of hydrogen-bond donors (Lipinski definition) is 2. The second kappa shape index (κ2) is 6.17. The van der Waals surface area contributed by atoms with E-state index in [9.17, 15) is 4.79 Å². The molecule has 2 N–H and O–H groups in total. The Kier molecular flexibility index (Phi) is 5.17. The number of nitrogens with one attached hydrogen (secondary N) is 1. The van der Waals surface area contributed by atoms with Crippen molar-refractivity contribution in [3.63, 3.8) is 0 Å². The second-order valence-corrected chi connectivity index (χ2v) is 5.60. The van der Waals surface area contributed by atoms with Crippen molar-refractivity contribution in [1.29, 1.82) is 0 Å². The molecule has 7 heteroatoms. The van der Waals surface area contributed by atoms with Gasteiger partial charge in [0.15, 0.2) is 4.34 Å². The van der Waals surface area contributed by atoms with Crippen LogP contribution in [0.25, 0.3) is 0 Å². The third-order valence-electron chi connectivity index (χ3n) is 2.21. The predicted molar refractivity (Wildman–Crippen MR) is 65.0 cm³/mol. The number of thioether (sulfide) groups is 1. The average Bonchev–Trinajstić information content (AvgIpc) is 2.70. The Morgan fingerprint density at radius 2 is 2.50 bits per heavy atom. The highest BCUT2D eigenvalue weighted by Crippen LogP contribution is 2.22. The van der Waals surface area contributed by atoms with E-state index >= 15 is 0 Å². The zero-order valence-corrected chi connectivity index (χ0v) is 10.9. The number of likely N-dealkylation sites (N-methyl/N-ethyl adjacent to an activating group) is 1. The summed E-state index contributed by atoms with van der Waals surface area (Å²) in [5, 5.41) is 12.1. The molecule has 0 spiro atoms. The maximum atomic E-state index is 11.1. The molecule has 0 radical (unpaired) electrons. The van der Waals surface area contributed by atoms with E-state index < -0.39 is 11.5 Å². The largest absolute Gasteiger partial charge is 0.480 e. The summed E-state index contributed by atoms with van der Waals surface area (Å²) in [6, 6.07) is 0.